The second kappa shape index (κ2) is 41.2. The Hall–Kier alpha value is -4.84. The molecule has 3 rings (SSSR count). The third-order valence-electron chi connectivity index (χ3n) is 12.0. The Morgan fingerprint density at radius 1 is 0.584 bits per heavy atom. The van der Waals surface area contributed by atoms with Crippen molar-refractivity contribution in [1.82, 2.24) is 16.0 Å². The monoisotopic (exact) mass is 1100 g/mol. The fraction of sp³-hybridized carbons (Fsp3) is 0.625. The summed E-state index contributed by atoms with van der Waals surface area (Å²) < 4.78 is 56.4. The van der Waals surface area contributed by atoms with Crippen molar-refractivity contribution < 1.29 is 61.4 Å². The summed E-state index contributed by atoms with van der Waals surface area (Å²) in [6.45, 7) is 19.3. The quantitative estimate of drug-likeness (QED) is 0.0178. The van der Waals surface area contributed by atoms with Gasteiger partial charge in [-0.3, -0.25) is 14.4 Å². The van der Waals surface area contributed by atoms with Crippen molar-refractivity contribution in [3.8, 4) is 0 Å². The number of nitrogens with zero attached hydrogens (tertiary/aromatic N) is 3. The van der Waals surface area contributed by atoms with E-state index in [0.717, 1.165) is 18.5 Å². The normalized spacial score (nSPS) is 12.5. The van der Waals surface area contributed by atoms with E-state index in [4.69, 9.17) is 52.6 Å². The molecule has 0 aliphatic rings. The Labute approximate surface area is 458 Å². The lowest BCUT2D eigenvalue weighted by molar-refractivity contribution is -0.132. The first kappa shape index (κ1) is 66.4. The minimum absolute atomic E-state index is 0.0563. The van der Waals surface area contributed by atoms with Gasteiger partial charge in [-0.05, 0) is 77.4 Å². The van der Waals surface area contributed by atoms with E-state index in [2.05, 4.69) is 101 Å². The van der Waals surface area contributed by atoms with E-state index in [1.54, 1.807) is 0 Å². The van der Waals surface area contributed by atoms with Gasteiger partial charge in [-0.15, -0.1) is 0 Å². The molecule has 0 saturated heterocycles. The Bertz CT molecular complexity index is 2010. The first-order chi connectivity index (χ1) is 37.4. The summed E-state index contributed by atoms with van der Waals surface area (Å²) in [6.07, 6.45) is 2.01. The molecule has 20 nitrogen and oxygen atoms in total. The minimum atomic E-state index is -2.75. The summed E-state index contributed by atoms with van der Waals surface area (Å²) in [6, 6.07) is 27.0. The molecular formula is C56H89N7O13Si. The zero-order valence-corrected chi connectivity index (χ0v) is 47.6. The number of carbonyl (C=O) groups excluding carboxylic acids is 3. The van der Waals surface area contributed by atoms with Crippen LogP contribution in [0.25, 0.3) is 10.4 Å². The summed E-state index contributed by atoms with van der Waals surface area (Å²) in [4.78, 5) is 43.2. The predicted octanol–water partition coefficient (Wildman–Crippen LogP) is 5.57. The molecule has 0 bridgehead atoms. The number of rotatable bonds is 46. The lowest BCUT2D eigenvalue weighted by Crippen LogP contribution is -2.66. The third-order valence-corrected chi connectivity index (χ3v) is 17.0. The van der Waals surface area contributed by atoms with Crippen molar-refractivity contribution in [3.63, 3.8) is 0 Å². The molecule has 0 spiro atoms. The second-order valence-electron chi connectivity index (χ2n) is 19.3. The number of anilines is 1. The van der Waals surface area contributed by atoms with Crippen molar-refractivity contribution >= 4 is 42.1 Å². The van der Waals surface area contributed by atoms with Crippen LogP contribution in [-0.2, 0) is 68.0 Å². The van der Waals surface area contributed by atoms with E-state index in [-0.39, 0.29) is 35.8 Å². The topological polar surface area (TPSA) is 240 Å². The highest BCUT2D eigenvalue weighted by Crippen LogP contribution is 2.37. The van der Waals surface area contributed by atoms with Crippen LogP contribution in [0.15, 0.2) is 90.0 Å². The molecular weight excluding hydrogens is 1010 g/mol. The molecule has 0 aromatic heterocycles. The van der Waals surface area contributed by atoms with Gasteiger partial charge in [0.1, 0.15) is 12.1 Å². The van der Waals surface area contributed by atoms with Crippen LogP contribution >= 0.6 is 0 Å². The highest BCUT2D eigenvalue weighted by molar-refractivity contribution is 6.99. The smallest absolute Gasteiger partial charge is 0.261 e. The number of hydrogen-bond acceptors (Lipinski definition) is 15. The Morgan fingerprint density at radius 2 is 1.03 bits per heavy atom. The summed E-state index contributed by atoms with van der Waals surface area (Å²) in [5.74, 6) is -1.33. The van der Waals surface area contributed by atoms with Gasteiger partial charge in [-0.1, -0.05) is 113 Å². The van der Waals surface area contributed by atoms with Gasteiger partial charge in [-0.25, -0.2) is 0 Å². The van der Waals surface area contributed by atoms with Crippen LogP contribution < -0.4 is 31.6 Å². The van der Waals surface area contributed by atoms with Crippen LogP contribution in [0.1, 0.15) is 65.9 Å². The Kier molecular flexibility index (Phi) is 35.6. The number of ether oxygens (including phenoxy) is 9. The van der Waals surface area contributed by atoms with Gasteiger partial charge in [-0.2, -0.15) is 0 Å². The molecule has 0 unspecified atom stereocenters. The van der Waals surface area contributed by atoms with Gasteiger partial charge in [0.15, 0.2) is 0 Å². The predicted molar refractivity (Wildman–Crippen MR) is 300 cm³/mol. The first-order valence-corrected chi connectivity index (χ1v) is 28.9. The van der Waals surface area contributed by atoms with Gasteiger partial charge < -0.3 is 68.3 Å². The van der Waals surface area contributed by atoms with E-state index >= 15 is 0 Å². The van der Waals surface area contributed by atoms with Crippen molar-refractivity contribution in [2.75, 3.05) is 144 Å². The highest BCUT2D eigenvalue weighted by Gasteiger charge is 2.50. The van der Waals surface area contributed by atoms with Gasteiger partial charge >= 0.3 is 0 Å². The van der Waals surface area contributed by atoms with E-state index in [0.29, 0.717) is 144 Å². The molecule has 0 fully saturated rings. The van der Waals surface area contributed by atoms with Crippen molar-refractivity contribution in [3.05, 3.63) is 101 Å². The lowest BCUT2D eigenvalue weighted by Gasteiger charge is -2.43. The largest absolute Gasteiger partial charge is 0.403 e. The number of nitrogens with one attached hydrogen (secondary N) is 4. The zero-order valence-electron chi connectivity index (χ0n) is 46.6. The van der Waals surface area contributed by atoms with Gasteiger partial charge in [0, 0.05) is 23.6 Å². The molecule has 3 amide bonds. The van der Waals surface area contributed by atoms with Crippen LogP contribution in [0, 0.1) is 5.92 Å². The summed E-state index contributed by atoms with van der Waals surface area (Å²) in [5, 5.41) is 17.6. The molecule has 3 aromatic carbocycles. The number of carbonyl (C=O) groups is 3. The molecule has 4 N–H and O–H groups in total. The van der Waals surface area contributed by atoms with Crippen molar-refractivity contribution in [1.29, 1.82) is 0 Å². The number of azide groups is 1. The fourth-order valence-electron chi connectivity index (χ4n) is 8.00. The third kappa shape index (κ3) is 28.0. The van der Waals surface area contributed by atoms with E-state index in [1.165, 1.54) is 10.4 Å². The molecule has 77 heavy (non-hydrogen) atoms. The number of unbranched alkanes of at least 4 members (excludes halogenated alkanes) is 1. The molecule has 2 atom stereocenters. The van der Waals surface area contributed by atoms with Crippen LogP contribution in [0.3, 0.4) is 0 Å². The molecule has 0 radical (unpaired) electrons. The molecule has 0 saturated carbocycles. The molecule has 0 aliphatic heterocycles. The summed E-state index contributed by atoms with van der Waals surface area (Å²) >= 11 is 0. The summed E-state index contributed by atoms with van der Waals surface area (Å²) in [5.41, 5.74) is 9.77. The van der Waals surface area contributed by atoms with Crippen LogP contribution in [-0.4, -0.2) is 177 Å². The van der Waals surface area contributed by atoms with Crippen molar-refractivity contribution in [2.45, 2.75) is 84.0 Å². The molecule has 0 heterocycles. The van der Waals surface area contributed by atoms with Gasteiger partial charge in [0.05, 0.1) is 126 Å². The standard InChI is InChI=1S/C56H89N7O13Si/c1-46(2)53(62-52(64)24-27-67-29-31-69-33-35-71-37-39-73-41-43-75-44-42-74-40-38-72-36-34-70-32-30-68-28-26-59-63-57)55(66)61-51(19-13-14-25-58-6)54(65)60-48-22-20-47(21-23-48)45-76-77(56(3,4)5,49-15-9-7-10-16-49)50-17-11-8-12-18-50/h7-12,15-18,20-23,46,51,53,58H,13-14,19,24-45H2,1-6H3,(H,60,65)(H,61,66)(H,62,64)/t51-,53-/m0/s1. The number of benzene rings is 3. The van der Waals surface area contributed by atoms with Gasteiger partial charge in [0.2, 0.25) is 17.7 Å². The lowest BCUT2D eigenvalue weighted by atomic mass is 10.0. The average molecular weight is 1100 g/mol. The molecule has 430 valence electrons. The maximum Gasteiger partial charge on any atom is 0.261 e. The van der Waals surface area contributed by atoms with Gasteiger partial charge in [0.25, 0.3) is 8.32 Å². The SMILES string of the molecule is CNCCCC[C@H](NC(=O)[C@@H](NC(=O)CCOCCOCCOCCOCCOCCOCCOCCOCCOCCN=[N+]=[N-])C(C)C)C(=O)Nc1ccc(CO[Si](c2ccccc2)(c2ccccc2)C(C)(C)C)cc1. The second-order valence-corrected chi connectivity index (χ2v) is 23.6. The average Bonchev–Trinajstić information content (AvgIpc) is 3.46. The van der Waals surface area contributed by atoms with Crippen LogP contribution in [0.2, 0.25) is 5.04 Å². The van der Waals surface area contributed by atoms with E-state index in [9.17, 15) is 14.4 Å². The number of hydrogen-bond donors (Lipinski definition) is 4. The number of amides is 3. The van der Waals surface area contributed by atoms with E-state index in [1.807, 2.05) is 57.3 Å². The maximum absolute atomic E-state index is 13.8. The fourth-order valence-corrected chi connectivity index (χ4v) is 12.5. The zero-order chi connectivity index (χ0) is 55.7. The first-order valence-electron chi connectivity index (χ1n) is 27.0. The van der Waals surface area contributed by atoms with Crippen LogP contribution in [0.5, 0.6) is 0 Å². The highest BCUT2D eigenvalue weighted by atomic mass is 28.4. The molecule has 21 heteroatoms. The molecule has 0 aliphatic carbocycles. The minimum Gasteiger partial charge on any atom is -0.403 e. The van der Waals surface area contributed by atoms with Crippen LogP contribution in [0.4, 0.5) is 5.69 Å². The molecule has 3 aromatic rings. The Balaban J connectivity index is 1.28. The maximum atomic E-state index is 13.8. The summed E-state index contributed by atoms with van der Waals surface area (Å²) in [7, 11) is -0.872. The Morgan fingerprint density at radius 3 is 1.44 bits per heavy atom. The van der Waals surface area contributed by atoms with E-state index < -0.39 is 26.3 Å². The van der Waals surface area contributed by atoms with Crippen molar-refractivity contribution in [2.24, 2.45) is 11.0 Å².